The summed E-state index contributed by atoms with van der Waals surface area (Å²) in [5.74, 6) is -1.94. The van der Waals surface area contributed by atoms with Crippen molar-refractivity contribution in [3.63, 3.8) is 0 Å². The molecule has 190 valence electrons. The fourth-order valence-electron chi connectivity index (χ4n) is 4.02. The lowest BCUT2D eigenvalue weighted by Gasteiger charge is -2.13. The molecule has 37 heavy (non-hydrogen) atoms. The first kappa shape index (κ1) is 25.8. The van der Waals surface area contributed by atoms with Crippen molar-refractivity contribution in [1.29, 1.82) is 0 Å². The molecule has 2 aromatic carbocycles. The highest BCUT2D eigenvalue weighted by molar-refractivity contribution is 6.30. The number of rotatable bonds is 11. The van der Waals surface area contributed by atoms with Crippen LogP contribution in [-0.4, -0.2) is 52.5 Å². The Morgan fingerprint density at radius 2 is 1.65 bits per heavy atom. The number of nitrogens with zero attached hydrogens (tertiary/aromatic N) is 5. The van der Waals surface area contributed by atoms with E-state index in [4.69, 9.17) is 11.6 Å². The number of carboxylic acid groups (broad SMARTS) is 2. The molecule has 2 N–H and O–H groups in total. The van der Waals surface area contributed by atoms with Gasteiger partial charge in [-0.3, -0.25) is 4.79 Å². The van der Waals surface area contributed by atoms with E-state index in [-0.39, 0.29) is 34.3 Å². The van der Waals surface area contributed by atoms with E-state index in [9.17, 15) is 24.6 Å². The van der Waals surface area contributed by atoms with Crippen molar-refractivity contribution < 1.29 is 24.6 Å². The van der Waals surface area contributed by atoms with Crippen molar-refractivity contribution in [2.75, 3.05) is 0 Å². The number of unbranched alkanes of at least 4 members (excludes halogenated alkanes) is 1. The smallest absolute Gasteiger partial charge is 0.355 e. The normalized spacial score (nSPS) is 11.0. The molecule has 0 spiro atoms. The van der Waals surface area contributed by atoms with Crippen LogP contribution in [-0.2, 0) is 19.5 Å². The van der Waals surface area contributed by atoms with E-state index in [2.05, 4.69) is 22.2 Å². The first-order valence-corrected chi connectivity index (χ1v) is 12.0. The number of hydrogen-bond acceptors (Lipinski definition) is 6. The third-order valence-corrected chi connectivity index (χ3v) is 6.25. The number of aryl methyl sites for hydroxylation is 1. The van der Waals surface area contributed by atoms with Crippen molar-refractivity contribution in [1.82, 2.24) is 24.5 Å². The van der Waals surface area contributed by atoms with Crippen molar-refractivity contribution >= 4 is 29.3 Å². The molecule has 0 saturated carbocycles. The van der Waals surface area contributed by atoms with Gasteiger partial charge >= 0.3 is 11.9 Å². The summed E-state index contributed by atoms with van der Waals surface area (Å²) in [7, 11) is 0. The molecule has 0 aliphatic heterocycles. The summed E-state index contributed by atoms with van der Waals surface area (Å²) in [6, 6.07) is 13.0. The maximum Gasteiger partial charge on any atom is 0.355 e. The second-order valence-corrected chi connectivity index (χ2v) is 8.77. The number of halogens is 1. The predicted molar refractivity (Wildman–Crippen MR) is 134 cm³/mol. The van der Waals surface area contributed by atoms with Crippen LogP contribution in [0.25, 0.3) is 0 Å². The Balaban J connectivity index is 1.64. The van der Waals surface area contributed by atoms with Crippen LogP contribution in [0.3, 0.4) is 0 Å². The molecule has 0 unspecified atom stereocenters. The van der Waals surface area contributed by atoms with Gasteiger partial charge in [0.1, 0.15) is 5.82 Å². The van der Waals surface area contributed by atoms with Gasteiger partial charge in [-0.2, -0.15) is 0 Å². The third kappa shape index (κ3) is 5.59. The minimum Gasteiger partial charge on any atom is -0.478 e. The van der Waals surface area contributed by atoms with Gasteiger partial charge in [0.2, 0.25) is 0 Å². The van der Waals surface area contributed by atoms with Gasteiger partial charge in [0, 0.05) is 24.1 Å². The molecule has 4 aromatic rings. The second-order valence-electron chi connectivity index (χ2n) is 8.41. The van der Waals surface area contributed by atoms with Crippen LogP contribution in [0.4, 0.5) is 0 Å². The van der Waals surface area contributed by atoms with Crippen LogP contribution in [0.2, 0.25) is 5.15 Å². The molecule has 0 aliphatic rings. The summed E-state index contributed by atoms with van der Waals surface area (Å²) in [6.07, 6.45) is 3.71. The molecule has 0 amide bonds. The lowest BCUT2D eigenvalue weighted by atomic mass is 9.97. The summed E-state index contributed by atoms with van der Waals surface area (Å²) >= 11 is 6.49. The molecule has 0 atom stereocenters. The molecule has 4 rings (SSSR count). The number of carbonyl (C=O) groups is 3. The SMILES string of the molecule is CCCCc1nc(Cl)c(Cn2nncc2C(=O)O)n1Cc1ccc(C(=O)c2ccccc2C(=O)O)cc1. The number of carbonyl (C=O) groups excluding carboxylic acids is 1. The van der Waals surface area contributed by atoms with Gasteiger partial charge in [-0.15, -0.1) is 5.10 Å². The molecular formula is C26H24ClN5O5. The van der Waals surface area contributed by atoms with Gasteiger partial charge in [0.25, 0.3) is 0 Å². The van der Waals surface area contributed by atoms with Crippen molar-refractivity contribution in [2.45, 2.75) is 39.3 Å². The van der Waals surface area contributed by atoms with Gasteiger partial charge in [0.15, 0.2) is 16.6 Å². The summed E-state index contributed by atoms with van der Waals surface area (Å²) < 4.78 is 3.19. The molecule has 2 aromatic heterocycles. The van der Waals surface area contributed by atoms with Crippen molar-refractivity contribution in [2.24, 2.45) is 0 Å². The number of benzene rings is 2. The summed E-state index contributed by atoms with van der Waals surface area (Å²) in [4.78, 5) is 40.5. The predicted octanol–water partition coefficient (Wildman–Crippen LogP) is 4.19. The summed E-state index contributed by atoms with van der Waals surface area (Å²) in [5.41, 5.74) is 1.81. The van der Waals surface area contributed by atoms with Crippen LogP contribution < -0.4 is 0 Å². The van der Waals surface area contributed by atoms with E-state index in [1.54, 1.807) is 36.4 Å². The molecule has 2 heterocycles. The zero-order chi connectivity index (χ0) is 26.5. The first-order chi connectivity index (χ1) is 17.8. The average Bonchev–Trinajstić information content (AvgIpc) is 3.48. The number of imidazole rings is 1. The Morgan fingerprint density at radius 3 is 2.30 bits per heavy atom. The Morgan fingerprint density at radius 1 is 0.946 bits per heavy atom. The van der Waals surface area contributed by atoms with Crippen LogP contribution in [0.1, 0.15) is 73.6 Å². The van der Waals surface area contributed by atoms with Crippen LogP contribution in [0.5, 0.6) is 0 Å². The standard InChI is InChI=1S/C26H24ClN5O5/c1-2-3-8-22-29-24(27)21(15-32-20(26(36)37)13-28-30-32)31(22)14-16-9-11-17(12-10-16)23(33)18-6-4-5-7-19(18)25(34)35/h4-7,9-13H,2-3,8,14-15H2,1H3,(H,34,35)(H,36,37). The Hall–Kier alpha value is -4.31. The van der Waals surface area contributed by atoms with Gasteiger partial charge < -0.3 is 14.8 Å². The Labute approximate surface area is 217 Å². The highest BCUT2D eigenvalue weighted by Gasteiger charge is 2.21. The van der Waals surface area contributed by atoms with E-state index in [0.29, 0.717) is 24.2 Å². The summed E-state index contributed by atoms with van der Waals surface area (Å²) in [5, 5.41) is 26.7. The molecule has 0 bridgehead atoms. The van der Waals surface area contributed by atoms with Gasteiger partial charge in [-0.25, -0.2) is 19.3 Å². The molecule has 0 fully saturated rings. The minimum absolute atomic E-state index is 0.0521. The summed E-state index contributed by atoms with van der Waals surface area (Å²) in [6.45, 7) is 2.52. The number of aromatic carboxylic acids is 2. The lowest BCUT2D eigenvalue weighted by Crippen LogP contribution is -2.16. The molecule has 11 heteroatoms. The lowest BCUT2D eigenvalue weighted by molar-refractivity contribution is 0.0677. The fraction of sp³-hybridized carbons (Fsp3) is 0.231. The minimum atomic E-state index is -1.16. The van der Waals surface area contributed by atoms with Crippen molar-refractivity contribution in [3.05, 3.63) is 99.3 Å². The maximum atomic E-state index is 13.0. The van der Waals surface area contributed by atoms with E-state index in [1.807, 2.05) is 4.57 Å². The van der Waals surface area contributed by atoms with Gasteiger partial charge in [-0.1, -0.05) is 72.6 Å². The molecule has 0 radical (unpaired) electrons. The van der Waals surface area contributed by atoms with Crippen LogP contribution in [0.15, 0.2) is 54.7 Å². The highest BCUT2D eigenvalue weighted by Crippen LogP contribution is 2.23. The number of carboxylic acids is 2. The average molecular weight is 522 g/mol. The Bertz CT molecular complexity index is 1460. The van der Waals surface area contributed by atoms with Crippen LogP contribution in [0, 0.1) is 0 Å². The highest BCUT2D eigenvalue weighted by atomic mass is 35.5. The maximum absolute atomic E-state index is 13.0. The molecular weight excluding hydrogens is 498 g/mol. The van der Waals surface area contributed by atoms with E-state index < -0.39 is 11.9 Å². The monoisotopic (exact) mass is 521 g/mol. The van der Waals surface area contributed by atoms with E-state index in [1.165, 1.54) is 23.0 Å². The number of ketones is 1. The topological polar surface area (TPSA) is 140 Å². The molecule has 10 nitrogen and oxygen atoms in total. The van der Waals surface area contributed by atoms with Gasteiger partial charge in [-0.05, 0) is 18.1 Å². The quantitative estimate of drug-likeness (QED) is 0.280. The van der Waals surface area contributed by atoms with Crippen molar-refractivity contribution in [3.8, 4) is 0 Å². The third-order valence-electron chi connectivity index (χ3n) is 5.95. The van der Waals surface area contributed by atoms with Gasteiger partial charge in [0.05, 0.1) is 24.0 Å². The number of hydrogen-bond donors (Lipinski definition) is 2. The molecule has 0 aliphatic carbocycles. The Kier molecular flexibility index (Phi) is 7.78. The fourth-order valence-corrected chi connectivity index (χ4v) is 4.28. The molecule has 0 saturated heterocycles. The van der Waals surface area contributed by atoms with Crippen LogP contribution >= 0.6 is 11.6 Å². The zero-order valence-electron chi connectivity index (χ0n) is 20.0. The first-order valence-electron chi connectivity index (χ1n) is 11.6. The second kappa shape index (κ2) is 11.2. The van der Waals surface area contributed by atoms with E-state index >= 15 is 0 Å². The largest absolute Gasteiger partial charge is 0.478 e. The zero-order valence-corrected chi connectivity index (χ0v) is 20.7. The number of aromatic nitrogens is 5. The van der Waals surface area contributed by atoms with E-state index in [0.717, 1.165) is 24.2 Å².